The molecule has 0 unspecified atom stereocenters. The zero-order valence-electron chi connectivity index (χ0n) is 14.9. The Morgan fingerprint density at radius 3 is 2.48 bits per heavy atom. The van der Waals surface area contributed by atoms with Gasteiger partial charge in [-0.05, 0) is 42.5 Å². The lowest BCUT2D eigenvalue weighted by molar-refractivity contribution is -0.121. The van der Waals surface area contributed by atoms with E-state index in [0.29, 0.717) is 16.3 Å². The Morgan fingerprint density at radius 1 is 1.15 bits per heavy atom. The maximum absolute atomic E-state index is 12.5. The summed E-state index contributed by atoms with van der Waals surface area (Å²) in [6, 6.07) is 12.7. The molecule has 1 aliphatic heterocycles. The van der Waals surface area contributed by atoms with Crippen LogP contribution in [-0.4, -0.2) is 37.9 Å². The summed E-state index contributed by atoms with van der Waals surface area (Å²) < 4.78 is 0. The molecule has 3 amide bonds. The monoisotopic (exact) mass is 386 g/mol. The first kappa shape index (κ1) is 18.9. The van der Waals surface area contributed by atoms with Crippen molar-refractivity contribution in [2.24, 2.45) is 0 Å². The van der Waals surface area contributed by atoms with Crippen molar-refractivity contribution < 1.29 is 14.4 Å². The van der Waals surface area contributed by atoms with Crippen molar-refractivity contribution in [1.29, 1.82) is 0 Å². The highest BCUT2D eigenvalue weighted by molar-refractivity contribution is 6.31. The quantitative estimate of drug-likeness (QED) is 0.606. The Hall–Kier alpha value is -2.90. The van der Waals surface area contributed by atoms with Gasteiger partial charge in [-0.3, -0.25) is 19.8 Å². The van der Waals surface area contributed by atoms with Gasteiger partial charge < -0.3 is 4.90 Å². The largest absolute Gasteiger partial charge is 0.378 e. The summed E-state index contributed by atoms with van der Waals surface area (Å²) in [4.78, 5) is 40.0. The third-order valence-corrected chi connectivity index (χ3v) is 4.45. The van der Waals surface area contributed by atoms with Crippen LogP contribution in [0.25, 0.3) is 0 Å². The second kappa shape index (κ2) is 7.77. The van der Waals surface area contributed by atoms with E-state index in [1.807, 2.05) is 31.1 Å². The fourth-order valence-electron chi connectivity index (χ4n) is 2.77. The van der Waals surface area contributed by atoms with Crippen LogP contribution < -0.4 is 20.7 Å². The maximum atomic E-state index is 12.5. The van der Waals surface area contributed by atoms with E-state index in [-0.39, 0.29) is 18.2 Å². The van der Waals surface area contributed by atoms with Crippen LogP contribution in [0.4, 0.5) is 11.4 Å². The van der Waals surface area contributed by atoms with Gasteiger partial charge >= 0.3 is 0 Å². The molecule has 140 valence electrons. The number of amides is 3. The van der Waals surface area contributed by atoms with Crippen LogP contribution in [0, 0.1) is 0 Å². The molecular formula is C19H19ClN4O3. The van der Waals surface area contributed by atoms with Gasteiger partial charge in [0, 0.05) is 30.4 Å². The molecule has 1 aliphatic rings. The van der Waals surface area contributed by atoms with E-state index in [1.165, 1.54) is 0 Å². The highest BCUT2D eigenvalue weighted by Crippen LogP contribution is 2.25. The number of rotatable bonds is 5. The van der Waals surface area contributed by atoms with Crippen molar-refractivity contribution in [2.75, 3.05) is 23.9 Å². The molecule has 1 heterocycles. The number of hydrogen-bond acceptors (Lipinski definition) is 5. The molecular weight excluding hydrogens is 368 g/mol. The predicted octanol–water partition coefficient (Wildman–Crippen LogP) is 1.97. The minimum atomic E-state index is -0.832. The lowest BCUT2D eigenvalue weighted by Gasteiger charge is -2.16. The molecule has 0 aliphatic carbocycles. The van der Waals surface area contributed by atoms with E-state index in [4.69, 9.17) is 11.6 Å². The first-order chi connectivity index (χ1) is 12.9. The highest BCUT2D eigenvalue weighted by Gasteiger charge is 2.39. The van der Waals surface area contributed by atoms with Crippen LogP contribution in [-0.2, 0) is 9.59 Å². The summed E-state index contributed by atoms with van der Waals surface area (Å²) in [6.07, 6.45) is -0.0504. The number of hydrazine groups is 1. The van der Waals surface area contributed by atoms with Gasteiger partial charge in [0.25, 0.3) is 11.8 Å². The number of anilines is 2. The van der Waals surface area contributed by atoms with Crippen LogP contribution in [0.3, 0.4) is 0 Å². The molecule has 3 rings (SSSR count). The van der Waals surface area contributed by atoms with Crippen molar-refractivity contribution in [3.05, 3.63) is 59.1 Å². The van der Waals surface area contributed by atoms with E-state index in [2.05, 4.69) is 10.9 Å². The third kappa shape index (κ3) is 4.10. The summed E-state index contributed by atoms with van der Waals surface area (Å²) in [5.74, 6) is -1.18. The smallest absolute Gasteiger partial charge is 0.265 e. The van der Waals surface area contributed by atoms with E-state index in [1.54, 1.807) is 36.4 Å². The molecule has 2 aromatic carbocycles. The van der Waals surface area contributed by atoms with Gasteiger partial charge in [0.2, 0.25) is 5.91 Å². The molecule has 1 fully saturated rings. The van der Waals surface area contributed by atoms with Crippen LogP contribution in [0.2, 0.25) is 5.02 Å². The molecule has 0 bridgehead atoms. The number of imide groups is 1. The molecule has 8 heteroatoms. The summed E-state index contributed by atoms with van der Waals surface area (Å²) in [5, 5.41) is 0.430. The Bertz CT molecular complexity index is 883. The topological polar surface area (TPSA) is 81.8 Å². The standard InChI is InChI=1S/C19H19ClN4O3/c1-23(2)14-8-6-12(7-9-14)18(26)22-21-16-11-17(25)24(19(16)27)15-5-3-4-13(20)10-15/h3-10,16,21H,11H2,1-2H3,(H,22,26)/t16-/m1/s1. The van der Waals surface area contributed by atoms with E-state index in [0.717, 1.165) is 10.6 Å². The first-order valence-electron chi connectivity index (χ1n) is 8.32. The molecule has 2 N–H and O–H groups in total. The first-order valence-corrected chi connectivity index (χ1v) is 8.70. The summed E-state index contributed by atoms with van der Waals surface area (Å²) in [5.41, 5.74) is 6.97. The minimum absolute atomic E-state index is 0.0504. The third-order valence-electron chi connectivity index (χ3n) is 4.22. The van der Waals surface area contributed by atoms with Crippen LogP contribution >= 0.6 is 11.6 Å². The molecule has 0 radical (unpaired) electrons. The SMILES string of the molecule is CN(C)c1ccc(C(=O)NN[C@@H]2CC(=O)N(c3cccc(Cl)c3)C2=O)cc1. The molecule has 1 saturated heterocycles. The summed E-state index contributed by atoms with van der Waals surface area (Å²) >= 11 is 5.93. The number of nitrogens with zero attached hydrogens (tertiary/aromatic N) is 2. The Balaban J connectivity index is 1.64. The molecule has 1 atom stereocenters. The lowest BCUT2D eigenvalue weighted by atomic mass is 10.2. The van der Waals surface area contributed by atoms with Gasteiger partial charge in [-0.15, -0.1) is 0 Å². The summed E-state index contributed by atoms with van der Waals surface area (Å²) in [6.45, 7) is 0. The Labute approximate surface area is 161 Å². The van der Waals surface area contributed by atoms with Crippen molar-refractivity contribution in [2.45, 2.75) is 12.5 Å². The fourth-order valence-corrected chi connectivity index (χ4v) is 2.95. The van der Waals surface area contributed by atoms with E-state index < -0.39 is 11.9 Å². The predicted molar refractivity (Wildman–Crippen MR) is 104 cm³/mol. The number of carbonyl (C=O) groups excluding carboxylic acids is 3. The van der Waals surface area contributed by atoms with Crippen molar-refractivity contribution in [3.63, 3.8) is 0 Å². The van der Waals surface area contributed by atoms with Crippen LogP contribution in [0.5, 0.6) is 0 Å². The second-order valence-corrected chi connectivity index (χ2v) is 6.78. The van der Waals surface area contributed by atoms with Gasteiger partial charge in [-0.2, -0.15) is 0 Å². The molecule has 0 saturated carbocycles. The van der Waals surface area contributed by atoms with Gasteiger partial charge in [0.15, 0.2) is 0 Å². The normalized spacial score (nSPS) is 16.6. The Morgan fingerprint density at radius 2 is 1.85 bits per heavy atom. The van der Waals surface area contributed by atoms with Crippen molar-refractivity contribution >= 4 is 40.7 Å². The minimum Gasteiger partial charge on any atom is -0.378 e. The van der Waals surface area contributed by atoms with Crippen molar-refractivity contribution in [3.8, 4) is 0 Å². The number of hydrogen-bond donors (Lipinski definition) is 2. The number of nitrogens with one attached hydrogen (secondary N) is 2. The zero-order chi connectivity index (χ0) is 19.6. The molecule has 0 aromatic heterocycles. The van der Waals surface area contributed by atoms with Crippen molar-refractivity contribution in [1.82, 2.24) is 10.9 Å². The van der Waals surface area contributed by atoms with E-state index in [9.17, 15) is 14.4 Å². The number of carbonyl (C=O) groups is 3. The van der Waals surface area contributed by atoms with Crippen LogP contribution in [0.1, 0.15) is 16.8 Å². The average Bonchev–Trinajstić information content (AvgIpc) is 2.93. The summed E-state index contributed by atoms with van der Waals surface area (Å²) in [7, 11) is 3.82. The van der Waals surface area contributed by atoms with Gasteiger partial charge in [-0.25, -0.2) is 10.3 Å². The maximum Gasteiger partial charge on any atom is 0.265 e. The molecule has 27 heavy (non-hydrogen) atoms. The highest BCUT2D eigenvalue weighted by atomic mass is 35.5. The second-order valence-electron chi connectivity index (χ2n) is 6.34. The number of benzene rings is 2. The van der Waals surface area contributed by atoms with Gasteiger partial charge in [0.1, 0.15) is 6.04 Å². The van der Waals surface area contributed by atoms with Gasteiger partial charge in [-0.1, -0.05) is 17.7 Å². The van der Waals surface area contributed by atoms with E-state index >= 15 is 0 Å². The lowest BCUT2D eigenvalue weighted by Crippen LogP contribution is -2.48. The number of halogens is 1. The Kier molecular flexibility index (Phi) is 5.43. The van der Waals surface area contributed by atoms with Gasteiger partial charge in [0.05, 0.1) is 12.1 Å². The zero-order valence-corrected chi connectivity index (χ0v) is 15.7. The molecule has 0 spiro atoms. The van der Waals surface area contributed by atoms with Crippen LogP contribution in [0.15, 0.2) is 48.5 Å². The average molecular weight is 387 g/mol. The fraction of sp³-hybridized carbons (Fsp3) is 0.211. The molecule has 7 nitrogen and oxygen atoms in total. The molecule has 2 aromatic rings.